The molecule has 4 aromatic rings. The number of benzene rings is 2. The van der Waals surface area contributed by atoms with Crippen molar-refractivity contribution in [3.63, 3.8) is 0 Å². The number of carbonyl (C=O) groups is 1. The molecular formula is C29H29IN4O2S. The molecule has 37 heavy (non-hydrogen) atoms. The summed E-state index contributed by atoms with van der Waals surface area (Å²) in [7, 11) is 1.71. The number of pyridine rings is 1. The maximum atomic E-state index is 12.8. The summed E-state index contributed by atoms with van der Waals surface area (Å²) in [5.41, 5.74) is 9.46. The highest BCUT2D eigenvalue weighted by Crippen LogP contribution is 2.38. The smallest absolute Gasteiger partial charge is 0.253 e. The van der Waals surface area contributed by atoms with E-state index in [-0.39, 0.29) is 12.5 Å². The Morgan fingerprint density at radius 1 is 1.14 bits per heavy atom. The number of amides is 1. The third-order valence-electron chi connectivity index (χ3n) is 6.82. The van der Waals surface area contributed by atoms with E-state index in [2.05, 4.69) is 62.1 Å². The molecule has 1 amide bonds. The fourth-order valence-corrected chi connectivity index (χ4v) is 6.45. The van der Waals surface area contributed by atoms with Gasteiger partial charge in [-0.15, -0.1) is 11.3 Å². The van der Waals surface area contributed by atoms with Crippen LogP contribution in [0.15, 0.2) is 77.3 Å². The molecule has 1 saturated heterocycles. The predicted octanol–water partition coefficient (Wildman–Crippen LogP) is 5.61. The van der Waals surface area contributed by atoms with Crippen LogP contribution in [0.3, 0.4) is 0 Å². The van der Waals surface area contributed by atoms with E-state index in [1.54, 1.807) is 23.3 Å². The number of piperidine rings is 1. The summed E-state index contributed by atoms with van der Waals surface area (Å²) in [5, 5.41) is 12.4. The molecule has 6 nitrogen and oxygen atoms in total. The van der Waals surface area contributed by atoms with Gasteiger partial charge < -0.3 is 10.0 Å². The van der Waals surface area contributed by atoms with Crippen molar-refractivity contribution in [2.24, 2.45) is 0 Å². The first-order chi connectivity index (χ1) is 18.0. The van der Waals surface area contributed by atoms with Gasteiger partial charge in [0.2, 0.25) is 0 Å². The van der Waals surface area contributed by atoms with E-state index < -0.39 is 0 Å². The lowest BCUT2D eigenvalue weighted by atomic mass is 9.87. The van der Waals surface area contributed by atoms with Crippen molar-refractivity contribution in [3.05, 3.63) is 99.6 Å². The molecule has 1 aliphatic rings. The molecule has 0 saturated carbocycles. The van der Waals surface area contributed by atoms with Gasteiger partial charge >= 0.3 is 0 Å². The van der Waals surface area contributed by atoms with Crippen molar-refractivity contribution < 1.29 is 9.90 Å². The normalized spacial score (nSPS) is 17.6. The van der Waals surface area contributed by atoms with Crippen LogP contribution in [0.4, 0.5) is 0 Å². The SMILES string of the molecule is CN(CCO)C(=O)c1ccc(C(=C2CCN(Cc3cscn3)C(I)C2)c2cccc3cccnc23)cc1. The van der Waals surface area contributed by atoms with Crippen LogP contribution >= 0.6 is 33.9 Å². The van der Waals surface area contributed by atoms with Gasteiger partial charge in [0.15, 0.2) is 0 Å². The van der Waals surface area contributed by atoms with Crippen LogP contribution < -0.4 is 0 Å². The Morgan fingerprint density at radius 3 is 2.65 bits per heavy atom. The maximum Gasteiger partial charge on any atom is 0.253 e. The molecule has 2 aromatic heterocycles. The monoisotopic (exact) mass is 624 g/mol. The predicted molar refractivity (Wildman–Crippen MR) is 158 cm³/mol. The molecule has 2 aromatic carbocycles. The minimum Gasteiger partial charge on any atom is -0.395 e. The summed E-state index contributed by atoms with van der Waals surface area (Å²) < 4.78 is 0.356. The fourth-order valence-electron chi connectivity index (χ4n) is 4.89. The standard InChI is InChI=1S/C29H29IN4O2S/c1-33(14-15-35)29(36)22-9-7-20(8-10-22)27(25-6-2-4-21-5-3-12-31-28(21)25)23-11-13-34(26(30)16-23)17-24-18-37-19-32-24/h2-10,12,18-19,26,35H,11,13-17H2,1H3. The second-order valence-corrected chi connectivity index (χ2v) is 11.4. The van der Waals surface area contributed by atoms with Crippen molar-refractivity contribution >= 4 is 56.3 Å². The van der Waals surface area contributed by atoms with Gasteiger partial charge in [0.05, 0.1) is 27.4 Å². The highest BCUT2D eigenvalue weighted by atomic mass is 127. The number of likely N-dealkylation sites (tertiary alicyclic amines) is 1. The van der Waals surface area contributed by atoms with Crippen LogP contribution in [0, 0.1) is 0 Å². The molecule has 0 spiro atoms. The first-order valence-electron chi connectivity index (χ1n) is 12.3. The molecule has 1 N–H and O–H groups in total. The number of alkyl halides is 1. The van der Waals surface area contributed by atoms with Crippen molar-refractivity contribution in [3.8, 4) is 0 Å². The third kappa shape index (κ3) is 5.77. The highest BCUT2D eigenvalue weighted by molar-refractivity contribution is 14.1. The average Bonchev–Trinajstić information content (AvgIpc) is 3.44. The number of carbonyl (C=O) groups excluding carboxylic acids is 1. The number of fused-ring (bicyclic) bond motifs is 1. The summed E-state index contributed by atoms with van der Waals surface area (Å²) >= 11 is 4.20. The zero-order valence-corrected chi connectivity index (χ0v) is 23.7. The van der Waals surface area contributed by atoms with E-state index in [0.29, 0.717) is 16.2 Å². The zero-order chi connectivity index (χ0) is 25.8. The molecule has 0 aliphatic carbocycles. The summed E-state index contributed by atoms with van der Waals surface area (Å²) in [5.74, 6) is -0.0932. The van der Waals surface area contributed by atoms with Crippen molar-refractivity contribution in [1.82, 2.24) is 19.8 Å². The van der Waals surface area contributed by atoms with Gasteiger partial charge in [0.1, 0.15) is 0 Å². The van der Waals surface area contributed by atoms with E-state index >= 15 is 0 Å². The molecular weight excluding hydrogens is 595 g/mol. The Labute approximate surface area is 234 Å². The summed E-state index contributed by atoms with van der Waals surface area (Å²) in [4.78, 5) is 26.0. The van der Waals surface area contributed by atoms with E-state index in [0.717, 1.165) is 53.7 Å². The molecule has 8 heteroatoms. The van der Waals surface area contributed by atoms with Crippen LogP contribution in [0.1, 0.15) is 40.0 Å². The Balaban J connectivity index is 1.53. The number of aliphatic hydroxyl groups excluding tert-OH is 1. The quantitative estimate of drug-likeness (QED) is 0.165. The number of aliphatic hydroxyl groups is 1. The van der Waals surface area contributed by atoms with E-state index in [1.807, 2.05) is 42.0 Å². The van der Waals surface area contributed by atoms with Gasteiger partial charge in [-0.05, 0) is 42.2 Å². The molecule has 0 radical (unpaired) electrons. The lowest BCUT2D eigenvalue weighted by Gasteiger charge is -2.34. The van der Waals surface area contributed by atoms with E-state index in [1.165, 1.54) is 11.1 Å². The molecule has 1 atom stereocenters. The van der Waals surface area contributed by atoms with Crippen molar-refractivity contribution in [2.45, 2.75) is 23.4 Å². The molecule has 5 rings (SSSR count). The van der Waals surface area contributed by atoms with Gasteiger partial charge in [0, 0.05) is 54.8 Å². The minimum atomic E-state index is -0.0932. The molecule has 3 heterocycles. The Kier molecular flexibility index (Phi) is 8.29. The first-order valence-corrected chi connectivity index (χ1v) is 14.5. The average molecular weight is 625 g/mol. The number of nitrogens with zero attached hydrogens (tertiary/aromatic N) is 4. The number of hydrogen-bond donors (Lipinski definition) is 1. The summed E-state index contributed by atoms with van der Waals surface area (Å²) in [6.07, 6.45) is 3.76. The van der Waals surface area contributed by atoms with Crippen LogP contribution in [0.25, 0.3) is 16.5 Å². The minimum absolute atomic E-state index is 0.0540. The highest BCUT2D eigenvalue weighted by Gasteiger charge is 2.27. The summed E-state index contributed by atoms with van der Waals surface area (Å²) in [6, 6.07) is 18.3. The van der Waals surface area contributed by atoms with Gasteiger partial charge in [-0.3, -0.25) is 14.7 Å². The Bertz CT molecular complexity index is 1400. The Hall–Kier alpha value is -2.66. The van der Waals surface area contributed by atoms with Crippen molar-refractivity contribution in [2.75, 3.05) is 26.7 Å². The van der Waals surface area contributed by atoms with Crippen molar-refractivity contribution in [1.29, 1.82) is 0 Å². The number of aromatic nitrogens is 2. The molecule has 0 bridgehead atoms. The second kappa shape index (κ2) is 11.8. The first kappa shape index (κ1) is 26.0. The largest absolute Gasteiger partial charge is 0.395 e. The van der Waals surface area contributed by atoms with Crippen LogP contribution in [0.2, 0.25) is 0 Å². The molecule has 1 unspecified atom stereocenters. The van der Waals surface area contributed by atoms with Gasteiger partial charge in [-0.2, -0.15) is 0 Å². The zero-order valence-electron chi connectivity index (χ0n) is 20.7. The third-order valence-corrected chi connectivity index (χ3v) is 8.68. The number of rotatable bonds is 7. The lowest BCUT2D eigenvalue weighted by Crippen LogP contribution is -2.36. The van der Waals surface area contributed by atoms with Gasteiger partial charge in [-0.1, -0.05) is 64.6 Å². The second-order valence-electron chi connectivity index (χ2n) is 9.23. The number of para-hydroxylation sites is 1. The van der Waals surface area contributed by atoms with Gasteiger partial charge in [-0.25, -0.2) is 4.98 Å². The fraction of sp³-hybridized carbons (Fsp3) is 0.276. The Morgan fingerprint density at radius 2 is 1.92 bits per heavy atom. The van der Waals surface area contributed by atoms with Crippen LogP contribution in [-0.4, -0.2) is 61.6 Å². The number of halogens is 1. The number of hydrogen-bond acceptors (Lipinski definition) is 6. The van der Waals surface area contributed by atoms with Crippen LogP contribution in [-0.2, 0) is 6.54 Å². The maximum absolute atomic E-state index is 12.8. The number of thiazole rings is 1. The topological polar surface area (TPSA) is 69.6 Å². The number of likely N-dealkylation sites (N-methyl/N-ethyl adjacent to an activating group) is 1. The molecule has 1 fully saturated rings. The lowest BCUT2D eigenvalue weighted by molar-refractivity contribution is 0.0767. The van der Waals surface area contributed by atoms with E-state index in [9.17, 15) is 9.90 Å². The van der Waals surface area contributed by atoms with E-state index in [4.69, 9.17) is 4.98 Å². The summed E-state index contributed by atoms with van der Waals surface area (Å²) in [6.45, 7) is 2.09. The van der Waals surface area contributed by atoms with Crippen LogP contribution in [0.5, 0.6) is 0 Å². The van der Waals surface area contributed by atoms with Gasteiger partial charge in [0.25, 0.3) is 5.91 Å². The molecule has 1 aliphatic heterocycles. The molecule has 190 valence electrons.